The minimum atomic E-state index is -0.365. The summed E-state index contributed by atoms with van der Waals surface area (Å²) in [5.41, 5.74) is 2.09. The fourth-order valence-electron chi connectivity index (χ4n) is 4.28. The molecule has 0 saturated carbocycles. The molecule has 0 heterocycles. The first-order valence-corrected chi connectivity index (χ1v) is 9.42. The smallest absolute Gasteiger partial charge is 0.204 e. The molecule has 0 N–H and O–H groups in total. The number of benzene rings is 2. The molecule has 0 spiro atoms. The van der Waals surface area contributed by atoms with Gasteiger partial charge in [-0.2, -0.15) is 0 Å². The Morgan fingerprint density at radius 1 is 0.793 bits per heavy atom. The Bertz CT molecular complexity index is 931. The van der Waals surface area contributed by atoms with Gasteiger partial charge in [-0.05, 0) is 34.7 Å². The lowest BCUT2D eigenvalue weighted by Gasteiger charge is -2.41. The van der Waals surface area contributed by atoms with E-state index in [-0.39, 0.29) is 17.1 Å². The molecule has 1 aliphatic carbocycles. The van der Waals surface area contributed by atoms with Crippen molar-refractivity contribution in [3.8, 4) is 28.7 Å². The van der Waals surface area contributed by atoms with Crippen molar-refractivity contribution < 1.29 is 28.5 Å². The number of Topliss-reactive ketones (excluding diaryl/α,β-unsaturated/α-hetero) is 1. The average molecular weight is 400 g/mol. The largest absolute Gasteiger partial charge is 0.493 e. The number of ether oxygens (including phenoxy) is 5. The first kappa shape index (κ1) is 20.8. The van der Waals surface area contributed by atoms with Crippen LogP contribution in [-0.4, -0.2) is 41.3 Å². The van der Waals surface area contributed by atoms with E-state index in [1.807, 2.05) is 24.3 Å². The van der Waals surface area contributed by atoms with E-state index in [1.54, 1.807) is 21.3 Å². The molecule has 0 bridgehead atoms. The van der Waals surface area contributed by atoms with Crippen molar-refractivity contribution in [2.75, 3.05) is 35.5 Å². The van der Waals surface area contributed by atoms with Crippen LogP contribution in [0.1, 0.15) is 47.7 Å². The number of carbonyl (C=O) groups excluding carboxylic acids is 1. The number of methoxy groups -OCH3 is 5. The Morgan fingerprint density at radius 2 is 1.41 bits per heavy atom. The highest BCUT2D eigenvalue weighted by atomic mass is 16.5. The fourth-order valence-corrected chi connectivity index (χ4v) is 4.28. The summed E-state index contributed by atoms with van der Waals surface area (Å²) in [5.74, 6) is 2.65. The van der Waals surface area contributed by atoms with Gasteiger partial charge in [-0.3, -0.25) is 4.79 Å². The van der Waals surface area contributed by atoms with E-state index < -0.39 is 0 Å². The Morgan fingerprint density at radius 3 is 1.97 bits per heavy atom. The van der Waals surface area contributed by atoms with Crippen molar-refractivity contribution >= 4 is 5.78 Å². The Labute approximate surface area is 171 Å². The summed E-state index contributed by atoms with van der Waals surface area (Å²) in [6.07, 6.45) is 0.349. The van der Waals surface area contributed by atoms with Gasteiger partial charge in [0, 0.05) is 12.3 Å². The van der Waals surface area contributed by atoms with Gasteiger partial charge in [0.15, 0.2) is 28.8 Å². The van der Waals surface area contributed by atoms with E-state index >= 15 is 0 Å². The van der Waals surface area contributed by atoms with Gasteiger partial charge in [0.2, 0.25) is 5.75 Å². The van der Waals surface area contributed by atoms with Crippen molar-refractivity contribution in [1.82, 2.24) is 0 Å². The van der Waals surface area contributed by atoms with Gasteiger partial charge in [-0.25, -0.2) is 0 Å². The zero-order valence-electron chi connectivity index (χ0n) is 18.0. The van der Waals surface area contributed by atoms with E-state index in [0.29, 0.717) is 40.7 Å². The third-order valence-electron chi connectivity index (χ3n) is 5.87. The predicted octanol–water partition coefficient (Wildman–Crippen LogP) is 4.38. The minimum Gasteiger partial charge on any atom is -0.493 e. The number of hydrogen-bond donors (Lipinski definition) is 0. The lowest BCUT2D eigenvalue weighted by Crippen LogP contribution is -2.35. The number of fused-ring (bicyclic) bond motifs is 1. The summed E-state index contributed by atoms with van der Waals surface area (Å²) in [6.45, 7) is 4.26. The maximum absolute atomic E-state index is 13.2. The quantitative estimate of drug-likeness (QED) is 0.717. The maximum Gasteiger partial charge on any atom is 0.204 e. The van der Waals surface area contributed by atoms with E-state index in [4.69, 9.17) is 23.7 Å². The highest BCUT2D eigenvalue weighted by Crippen LogP contribution is 2.54. The number of carbonyl (C=O) groups is 1. The van der Waals surface area contributed by atoms with Gasteiger partial charge < -0.3 is 23.7 Å². The molecular weight excluding hydrogens is 372 g/mol. The molecule has 1 unspecified atom stereocenters. The number of hydrogen-bond acceptors (Lipinski definition) is 6. The standard InChI is InChI=1S/C23H28O6/c1-23(2)14(13-8-9-17(25-3)18(10-13)26-4)11-16(24)20-15(23)12-19(27-5)21(28-6)22(20)29-7/h8-10,12,14H,11H2,1-7H3. The minimum absolute atomic E-state index is 0.0110. The Kier molecular flexibility index (Phi) is 5.64. The topological polar surface area (TPSA) is 63.2 Å². The lowest BCUT2D eigenvalue weighted by atomic mass is 9.62. The number of ketones is 1. The monoisotopic (exact) mass is 400 g/mol. The molecule has 0 radical (unpaired) electrons. The molecule has 29 heavy (non-hydrogen) atoms. The summed E-state index contributed by atoms with van der Waals surface area (Å²) in [7, 11) is 7.87. The van der Waals surface area contributed by atoms with Crippen molar-refractivity contribution in [2.45, 2.75) is 31.6 Å². The summed E-state index contributed by atoms with van der Waals surface area (Å²) in [4.78, 5) is 13.2. The molecule has 1 aliphatic rings. The molecule has 0 fully saturated rings. The summed E-state index contributed by atoms with van der Waals surface area (Å²) >= 11 is 0. The predicted molar refractivity (Wildman–Crippen MR) is 110 cm³/mol. The van der Waals surface area contributed by atoms with Crippen LogP contribution in [0.2, 0.25) is 0 Å². The van der Waals surface area contributed by atoms with Gasteiger partial charge in [0.05, 0.1) is 41.1 Å². The molecule has 2 aromatic carbocycles. The van der Waals surface area contributed by atoms with Crippen molar-refractivity contribution in [3.63, 3.8) is 0 Å². The van der Waals surface area contributed by atoms with Crippen LogP contribution < -0.4 is 23.7 Å². The summed E-state index contributed by atoms with van der Waals surface area (Å²) < 4.78 is 27.4. The Hall–Kier alpha value is -2.89. The van der Waals surface area contributed by atoms with Crippen molar-refractivity contribution in [2.24, 2.45) is 0 Å². The van der Waals surface area contributed by atoms with Gasteiger partial charge in [-0.1, -0.05) is 19.9 Å². The van der Waals surface area contributed by atoms with E-state index in [9.17, 15) is 4.79 Å². The molecule has 1 atom stereocenters. The van der Waals surface area contributed by atoms with E-state index in [2.05, 4.69) is 13.8 Å². The van der Waals surface area contributed by atoms with Gasteiger partial charge in [-0.15, -0.1) is 0 Å². The van der Waals surface area contributed by atoms with Gasteiger partial charge >= 0.3 is 0 Å². The average Bonchev–Trinajstić information content (AvgIpc) is 2.73. The van der Waals surface area contributed by atoms with Crippen LogP contribution in [0.4, 0.5) is 0 Å². The SMILES string of the molecule is COc1ccc(C2CC(=O)c3c(cc(OC)c(OC)c3OC)C2(C)C)cc1OC. The normalized spacial score (nSPS) is 17.3. The van der Waals surface area contributed by atoms with Gasteiger partial charge in [0.25, 0.3) is 0 Å². The lowest BCUT2D eigenvalue weighted by molar-refractivity contribution is 0.0937. The van der Waals surface area contributed by atoms with Crippen LogP contribution >= 0.6 is 0 Å². The van der Waals surface area contributed by atoms with Crippen LogP contribution in [0, 0.1) is 0 Å². The molecule has 3 rings (SSSR count). The zero-order valence-corrected chi connectivity index (χ0v) is 18.0. The van der Waals surface area contributed by atoms with Crippen LogP contribution in [0.15, 0.2) is 24.3 Å². The Balaban J connectivity index is 2.21. The van der Waals surface area contributed by atoms with Crippen LogP contribution in [0.25, 0.3) is 0 Å². The van der Waals surface area contributed by atoms with Crippen LogP contribution in [-0.2, 0) is 5.41 Å². The first-order valence-electron chi connectivity index (χ1n) is 9.42. The second-order valence-electron chi connectivity index (χ2n) is 7.58. The van der Waals surface area contributed by atoms with E-state index in [0.717, 1.165) is 11.1 Å². The van der Waals surface area contributed by atoms with Crippen LogP contribution in [0.5, 0.6) is 28.7 Å². The van der Waals surface area contributed by atoms with E-state index in [1.165, 1.54) is 14.2 Å². The second kappa shape index (κ2) is 7.85. The third kappa shape index (κ3) is 3.26. The molecule has 0 aliphatic heterocycles. The molecule has 0 aromatic heterocycles. The molecule has 6 nitrogen and oxygen atoms in total. The summed E-state index contributed by atoms with van der Waals surface area (Å²) in [5, 5.41) is 0. The second-order valence-corrected chi connectivity index (χ2v) is 7.58. The molecular formula is C23H28O6. The molecule has 2 aromatic rings. The maximum atomic E-state index is 13.2. The van der Waals surface area contributed by atoms with Gasteiger partial charge in [0.1, 0.15) is 0 Å². The summed E-state index contributed by atoms with van der Waals surface area (Å²) in [6, 6.07) is 7.70. The molecule has 0 amide bonds. The highest BCUT2D eigenvalue weighted by molar-refractivity contribution is 6.03. The third-order valence-corrected chi connectivity index (χ3v) is 5.87. The molecule has 6 heteroatoms. The highest BCUT2D eigenvalue weighted by Gasteiger charge is 2.44. The van der Waals surface area contributed by atoms with Crippen molar-refractivity contribution in [3.05, 3.63) is 41.0 Å². The van der Waals surface area contributed by atoms with Crippen LogP contribution in [0.3, 0.4) is 0 Å². The fraction of sp³-hybridized carbons (Fsp3) is 0.435. The van der Waals surface area contributed by atoms with Crippen molar-refractivity contribution in [1.29, 1.82) is 0 Å². The zero-order chi connectivity index (χ0) is 21.3. The molecule has 0 saturated heterocycles. The first-order chi connectivity index (χ1) is 13.8. The molecule has 156 valence electrons. The number of rotatable bonds is 6.